The molecule has 3 rings (SSSR count). The van der Waals surface area contributed by atoms with Crippen molar-refractivity contribution < 1.29 is 14.3 Å². The van der Waals surface area contributed by atoms with Gasteiger partial charge in [-0.25, -0.2) is 4.68 Å². The lowest BCUT2D eigenvalue weighted by Crippen LogP contribution is -2.45. The van der Waals surface area contributed by atoms with Crippen molar-refractivity contribution in [3.05, 3.63) is 35.7 Å². The Morgan fingerprint density at radius 1 is 1.32 bits per heavy atom. The summed E-state index contributed by atoms with van der Waals surface area (Å²) >= 11 is 0. The summed E-state index contributed by atoms with van der Waals surface area (Å²) in [7, 11) is 0. The van der Waals surface area contributed by atoms with E-state index in [1.807, 2.05) is 45.0 Å². The molecule has 0 spiro atoms. The fraction of sp³-hybridized carbons (Fsp3) is 0.500. The van der Waals surface area contributed by atoms with Gasteiger partial charge in [0, 0.05) is 13.1 Å². The molecule has 28 heavy (non-hydrogen) atoms. The zero-order chi connectivity index (χ0) is 20.3. The number of carbonyl (C=O) groups excluding carboxylic acids is 2. The smallest absolute Gasteiger partial charge is 0.277 e. The summed E-state index contributed by atoms with van der Waals surface area (Å²) in [5.41, 5.74) is 1.83. The molecule has 1 aliphatic rings. The van der Waals surface area contributed by atoms with E-state index >= 15 is 0 Å². The summed E-state index contributed by atoms with van der Waals surface area (Å²) in [4.78, 5) is 26.8. The number of carbonyl (C=O) groups is 2. The number of nitrogens with zero attached hydrogens (tertiary/aromatic N) is 4. The van der Waals surface area contributed by atoms with Crippen LogP contribution in [0.15, 0.2) is 24.3 Å². The third-order valence-corrected chi connectivity index (χ3v) is 4.74. The zero-order valence-corrected chi connectivity index (χ0v) is 16.8. The van der Waals surface area contributed by atoms with E-state index in [1.165, 1.54) is 0 Å². The van der Waals surface area contributed by atoms with Gasteiger partial charge in [0.25, 0.3) is 5.91 Å². The molecule has 1 atom stereocenters. The summed E-state index contributed by atoms with van der Waals surface area (Å²) in [6, 6.07) is 7.00. The molecule has 0 aliphatic carbocycles. The van der Waals surface area contributed by atoms with Crippen LogP contribution in [0.25, 0.3) is 5.69 Å². The molecule has 1 aromatic carbocycles. The Hall–Kier alpha value is -2.90. The van der Waals surface area contributed by atoms with Crippen molar-refractivity contribution in [3.8, 4) is 11.4 Å². The standard InChI is InChI=1S/C20H27N5O3/c1-5-17-18(20(27)24-12-6-11-21-19(26)14(24)4)22-23-25(17)15-7-9-16(10-8-15)28-13(2)3/h7-10,13-14H,5-6,11-12H2,1-4H3,(H,21,26)/t14-/m0/s1. The predicted molar refractivity (Wildman–Crippen MR) is 105 cm³/mol. The Balaban J connectivity index is 1.89. The normalized spacial score (nSPS) is 17.4. The van der Waals surface area contributed by atoms with E-state index < -0.39 is 6.04 Å². The SMILES string of the molecule is CCc1c(C(=O)N2CCCNC(=O)[C@@H]2C)nnn1-c1ccc(OC(C)C)cc1. The maximum atomic E-state index is 13.1. The van der Waals surface area contributed by atoms with Gasteiger partial charge in [0.1, 0.15) is 11.8 Å². The van der Waals surface area contributed by atoms with Gasteiger partial charge in [-0.05, 0) is 57.9 Å². The van der Waals surface area contributed by atoms with Crippen LogP contribution in [-0.4, -0.2) is 56.9 Å². The van der Waals surface area contributed by atoms with E-state index in [1.54, 1.807) is 16.5 Å². The molecule has 0 radical (unpaired) electrons. The Kier molecular flexibility index (Phi) is 5.96. The number of benzene rings is 1. The van der Waals surface area contributed by atoms with Gasteiger partial charge in [0.05, 0.1) is 17.5 Å². The molecular formula is C20H27N5O3. The number of hydrogen-bond donors (Lipinski definition) is 1. The highest BCUT2D eigenvalue weighted by atomic mass is 16.5. The number of ether oxygens (including phenoxy) is 1. The van der Waals surface area contributed by atoms with Crippen molar-refractivity contribution in [2.24, 2.45) is 0 Å². The lowest BCUT2D eigenvalue weighted by molar-refractivity contribution is -0.124. The lowest BCUT2D eigenvalue weighted by atomic mass is 10.2. The van der Waals surface area contributed by atoms with E-state index in [9.17, 15) is 9.59 Å². The van der Waals surface area contributed by atoms with Gasteiger partial charge in [-0.2, -0.15) is 0 Å². The molecule has 1 fully saturated rings. The highest BCUT2D eigenvalue weighted by Gasteiger charge is 2.32. The Bertz CT molecular complexity index is 844. The third kappa shape index (κ3) is 4.00. The average molecular weight is 385 g/mol. The molecular weight excluding hydrogens is 358 g/mol. The highest BCUT2D eigenvalue weighted by molar-refractivity contribution is 5.97. The second-order valence-electron chi connectivity index (χ2n) is 7.13. The van der Waals surface area contributed by atoms with Gasteiger partial charge in [-0.1, -0.05) is 12.1 Å². The van der Waals surface area contributed by atoms with Gasteiger partial charge in [-0.3, -0.25) is 9.59 Å². The van der Waals surface area contributed by atoms with E-state index in [2.05, 4.69) is 15.6 Å². The molecule has 2 aromatic rings. The molecule has 8 heteroatoms. The number of rotatable bonds is 5. The van der Waals surface area contributed by atoms with Crippen LogP contribution >= 0.6 is 0 Å². The van der Waals surface area contributed by atoms with Crippen molar-refractivity contribution in [3.63, 3.8) is 0 Å². The van der Waals surface area contributed by atoms with Crippen LogP contribution in [0.1, 0.15) is 50.3 Å². The van der Waals surface area contributed by atoms with E-state index in [-0.39, 0.29) is 17.9 Å². The molecule has 1 saturated heterocycles. The maximum absolute atomic E-state index is 13.1. The Labute approximate surface area is 164 Å². The molecule has 150 valence electrons. The minimum atomic E-state index is -0.530. The summed E-state index contributed by atoms with van der Waals surface area (Å²) < 4.78 is 7.35. The van der Waals surface area contributed by atoms with Gasteiger partial charge >= 0.3 is 0 Å². The predicted octanol–water partition coefficient (Wildman–Crippen LogP) is 1.97. The molecule has 2 heterocycles. The summed E-state index contributed by atoms with van der Waals surface area (Å²) in [5.74, 6) is 0.377. The second kappa shape index (κ2) is 8.41. The molecule has 0 saturated carbocycles. The first kappa shape index (κ1) is 19.9. The number of amides is 2. The van der Waals surface area contributed by atoms with Crippen molar-refractivity contribution in [2.75, 3.05) is 13.1 Å². The Morgan fingerprint density at radius 2 is 2.04 bits per heavy atom. The Morgan fingerprint density at radius 3 is 2.68 bits per heavy atom. The third-order valence-electron chi connectivity index (χ3n) is 4.74. The van der Waals surface area contributed by atoms with Crippen LogP contribution in [0, 0.1) is 0 Å². The van der Waals surface area contributed by atoms with E-state index in [4.69, 9.17) is 4.74 Å². The molecule has 1 N–H and O–H groups in total. The van der Waals surface area contributed by atoms with E-state index in [0.717, 1.165) is 17.1 Å². The number of hydrogen-bond acceptors (Lipinski definition) is 5. The van der Waals surface area contributed by atoms with Crippen LogP contribution in [0.4, 0.5) is 0 Å². The lowest BCUT2D eigenvalue weighted by Gasteiger charge is -2.24. The minimum Gasteiger partial charge on any atom is -0.491 e. The topological polar surface area (TPSA) is 89.4 Å². The van der Waals surface area contributed by atoms with Crippen molar-refractivity contribution in [2.45, 2.75) is 52.7 Å². The largest absolute Gasteiger partial charge is 0.491 e. The molecule has 0 bridgehead atoms. The molecule has 1 aliphatic heterocycles. The van der Waals surface area contributed by atoms with Crippen LogP contribution in [0.3, 0.4) is 0 Å². The van der Waals surface area contributed by atoms with Crippen LogP contribution < -0.4 is 10.1 Å². The number of aromatic nitrogens is 3. The van der Waals surface area contributed by atoms with Crippen LogP contribution in [0.5, 0.6) is 5.75 Å². The van der Waals surface area contributed by atoms with Crippen molar-refractivity contribution >= 4 is 11.8 Å². The molecule has 1 aromatic heterocycles. The zero-order valence-electron chi connectivity index (χ0n) is 16.8. The molecule has 8 nitrogen and oxygen atoms in total. The first-order chi connectivity index (χ1) is 13.4. The summed E-state index contributed by atoms with van der Waals surface area (Å²) in [6.07, 6.45) is 1.40. The minimum absolute atomic E-state index is 0.0976. The second-order valence-corrected chi connectivity index (χ2v) is 7.13. The molecule has 0 unspecified atom stereocenters. The number of nitrogens with one attached hydrogen (secondary N) is 1. The first-order valence-corrected chi connectivity index (χ1v) is 9.72. The van der Waals surface area contributed by atoms with Crippen LogP contribution in [0.2, 0.25) is 0 Å². The van der Waals surface area contributed by atoms with Crippen molar-refractivity contribution in [1.82, 2.24) is 25.2 Å². The van der Waals surface area contributed by atoms with E-state index in [0.29, 0.717) is 31.6 Å². The van der Waals surface area contributed by atoms with Gasteiger partial charge in [-0.15, -0.1) is 5.10 Å². The van der Waals surface area contributed by atoms with Crippen LogP contribution in [-0.2, 0) is 11.2 Å². The molecule has 2 amide bonds. The quantitative estimate of drug-likeness (QED) is 0.850. The fourth-order valence-electron chi connectivity index (χ4n) is 3.29. The maximum Gasteiger partial charge on any atom is 0.277 e. The fourth-order valence-corrected chi connectivity index (χ4v) is 3.29. The first-order valence-electron chi connectivity index (χ1n) is 9.72. The highest BCUT2D eigenvalue weighted by Crippen LogP contribution is 2.20. The monoisotopic (exact) mass is 385 g/mol. The van der Waals surface area contributed by atoms with Gasteiger partial charge in [0.15, 0.2) is 5.69 Å². The van der Waals surface area contributed by atoms with Crippen molar-refractivity contribution in [1.29, 1.82) is 0 Å². The van der Waals surface area contributed by atoms with Gasteiger partial charge in [0.2, 0.25) is 5.91 Å². The summed E-state index contributed by atoms with van der Waals surface area (Å²) in [5, 5.41) is 11.2. The average Bonchev–Trinajstić information content (AvgIpc) is 3.03. The van der Waals surface area contributed by atoms with Gasteiger partial charge < -0.3 is 15.0 Å². The summed E-state index contributed by atoms with van der Waals surface area (Å²) in [6.45, 7) is 8.73.